The number of benzene rings is 11. The Hall–Kier alpha value is -10.6. The lowest BCUT2D eigenvalue weighted by atomic mass is 10.00. The van der Waals surface area contributed by atoms with Gasteiger partial charge in [0.2, 0.25) is 0 Å². The zero-order valence-electron chi connectivity index (χ0n) is 40.8. The maximum absolute atomic E-state index is 12.1. The fraction of sp³-hybridized carbons (Fsp3) is 0. The van der Waals surface area contributed by atoms with Gasteiger partial charge in [0.15, 0.2) is 5.82 Å². The number of hydrogen-bond donors (Lipinski definition) is 0. The highest BCUT2D eigenvalue weighted by Crippen LogP contribution is 2.45. The van der Waals surface area contributed by atoms with E-state index in [1.807, 2.05) is 24.3 Å². The van der Waals surface area contributed by atoms with Crippen molar-refractivity contribution in [2.24, 2.45) is 0 Å². The van der Waals surface area contributed by atoms with Gasteiger partial charge in [0.05, 0.1) is 66.7 Å². The van der Waals surface area contributed by atoms with E-state index in [-0.39, 0.29) is 0 Å². The summed E-state index contributed by atoms with van der Waals surface area (Å²) in [4.78, 5) is 10.6. The van der Waals surface area contributed by atoms with Crippen molar-refractivity contribution in [2.45, 2.75) is 0 Å². The number of para-hydroxylation sites is 7. The van der Waals surface area contributed by atoms with Crippen LogP contribution in [0, 0.1) is 11.3 Å². The SMILES string of the molecule is N#Cc1c(-n2c3ccccc3c3cc4c(cc32)c2ccccc2n4-c2ccccc2)cc(-c2nc(-c3ccccc3)nc3ccccc23)cc1-n1c2ccccc2c2cc3c(cc21)c1ccccc1n3-c1ccccc1. The minimum Gasteiger partial charge on any atom is -0.309 e. The van der Waals surface area contributed by atoms with E-state index in [0.717, 1.165) is 138 Å². The van der Waals surface area contributed by atoms with Gasteiger partial charge in [-0.05, 0) is 91.0 Å². The predicted molar refractivity (Wildman–Crippen MR) is 312 cm³/mol. The first-order valence-electron chi connectivity index (χ1n) is 25.6. The van der Waals surface area contributed by atoms with E-state index >= 15 is 0 Å². The van der Waals surface area contributed by atoms with Gasteiger partial charge >= 0.3 is 0 Å². The molecule has 7 nitrogen and oxygen atoms in total. The molecule has 0 unspecified atom stereocenters. The molecule has 5 heterocycles. The van der Waals surface area contributed by atoms with Gasteiger partial charge in [0.1, 0.15) is 11.6 Å². The van der Waals surface area contributed by atoms with E-state index in [1.54, 1.807) is 0 Å². The van der Waals surface area contributed by atoms with Gasteiger partial charge in [-0.15, -0.1) is 0 Å². The molecular formula is C69H41N7. The molecule has 0 N–H and O–H groups in total. The highest BCUT2D eigenvalue weighted by molar-refractivity contribution is 6.21. The van der Waals surface area contributed by atoms with Gasteiger partial charge in [-0.25, -0.2) is 9.97 Å². The van der Waals surface area contributed by atoms with Crippen LogP contribution in [0.3, 0.4) is 0 Å². The Morgan fingerprint density at radius 1 is 0.289 bits per heavy atom. The van der Waals surface area contributed by atoms with Gasteiger partial charge < -0.3 is 18.3 Å². The number of aromatic nitrogens is 6. The van der Waals surface area contributed by atoms with Gasteiger partial charge in [-0.2, -0.15) is 5.26 Å². The topological polar surface area (TPSA) is 69.3 Å². The molecule has 0 radical (unpaired) electrons. The largest absolute Gasteiger partial charge is 0.309 e. The molecule has 5 aromatic heterocycles. The Bertz CT molecular complexity index is 4860. The van der Waals surface area contributed by atoms with Crippen molar-refractivity contribution in [3.05, 3.63) is 254 Å². The summed E-state index contributed by atoms with van der Waals surface area (Å²) in [7, 11) is 0. The maximum atomic E-state index is 12.1. The second-order valence-corrected chi connectivity index (χ2v) is 19.6. The Balaban J connectivity index is 1.07. The first kappa shape index (κ1) is 42.0. The van der Waals surface area contributed by atoms with Crippen molar-refractivity contribution in [2.75, 3.05) is 0 Å². The van der Waals surface area contributed by atoms with Gasteiger partial charge in [0.25, 0.3) is 0 Å². The minimum absolute atomic E-state index is 0.536. The Morgan fingerprint density at radius 3 is 1.08 bits per heavy atom. The quantitative estimate of drug-likeness (QED) is 0.167. The lowest BCUT2D eigenvalue weighted by molar-refractivity contribution is 1.12. The van der Waals surface area contributed by atoms with Crippen molar-refractivity contribution >= 4 is 98.1 Å². The second-order valence-electron chi connectivity index (χ2n) is 19.6. The monoisotopic (exact) mass is 967 g/mol. The molecule has 0 saturated heterocycles. The zero-order chi connectivity index (χ0) is 50.0. The zero-order valence-corrected chi connectivity index (χ0v) is 40.8. The van der Waals surface area contributed by atoms with Gasteiger partial charge in [-0.3, -0.25) is 0 Å². The third-order valence-electron chi connectivity index (χ3n) is 15.6. The van der Waals surface area contributed by atoms with Crippen LogP contribution in [0.5, 0.6) is 0 Å². The Morgan fingerprint density at radius 2 is 0.645 bits per heavy atom. The highest BCUT2D eigenvalue weighted by Gasteiger charge is 2.26. The summed E-state index contributed by atoms with van der Waals surface area (Å²) < 4.78 is 9.39. The molecule has 0 aliphatic rings. The third-order valence-corrected chi connectivity index (χ3v) is 15.6. The predicted octanol–water partition coefficient (Wildman–Crippen LogP) is 17.2. The standard InChI is InChI=1S/C69H41N7/c70-42-56-62(75-60-34-18-13-28-49(60)54-38-64-52(40-66(54)75)47-26-11-16-32-58(47)73(64)45-22-6-2-7-23-45)36-44(68-51-30-10-15-31-57(51)71-69(72-68)43-20-4-1-5-21-43)37-63(56)76-61-35-19-14-29-50(61)55-39-65-53(41-67(55)76)48-27-12-17-33-59(48)74(65)46-24-8-3-9-25-46/h1-41H. The van der Waals surface area contributed by atoms with Gasteiger partial charge in [-0.1, -0.05) is 158 Å². The van der Waals surface area contributed by atoms with Crippen molar-refractivity contribution in [3.63, 3.8) is 0 Å². The van der Waals surface area contributed by atoms with E-state index < -0.39 is 0 Å². The molecule has 0 fully saturated rings. The van der Waals surface area contributed by atoms with E-state index in [9.17, 15) is 5.26 Å². The van der Waals surface area contributed by atoms with Crippen LogP contribution in [0.2, 0.25) is 0 Å². The molecular weight excluding hydrogens is 927 g/mol. The molecule has 0 amide bonds. The molecule has 0 aliphatic carbocycles. The van der Waals surface area contributed by atoms with E-state index in [4.69, 9.17) is 9.97 Å². The molecule has 11 aromatic carbocycles. The number of nitriles is 1. The van der Waals surface area contributed by atoms with Crippen molar-refractivity contribution in [1.82, 2.24) is 28.2 Å². The van der Waals surface area contributed by atoms with Crippen LogP contribution >= 0.6 is 0 Å². The smallest absolute Gasteiger partial charge is 0.160 e. The average Bonchev–Trinajstić information content (AvgIpc) is 4.22. The van der Waals surface area contributed by atoms with E-state index in [1.165, 1.54) is 0 Å². The van der Waals surface area contributed by atoms with E-state index in [2.05, 4.69) is 249 Å². The third kappa shape index (κ3) is 6.04. The van der Waals surface area contributed by atoms with Crippen LogP contribution in [-0.2, 0) is 0 Å². The first-order chi connectivity index (χ1) is 37.7. The van der Waals surface area contributed by atoms with Crippen LogP contribution in [0.1, 0.15) is 5.56 Å². The molecule has 0 bridgehead atoms. The van der Waals surface area contributed by atoms with Gasteiger partial charge in [0, 0.05) is 71.0 Å². The van der Waals surface area contributed by atoms with Crippen molar-refractivity contribution in [3.8, 4) is 51.5 Å². The number of nitrogens with zero attached hydrogens (tertiary/aromatic N) is 7. The van der Waals surface area contributed by atoms with Crippen LogP contribution < -0.4 is 0 Å². The maximum Gasteiger partial charge on any atom is 0.160 e. The Labute approximate surface area is 435 Å². The van der Waals surface area contributed by atoms with Crippen LogP contribution in [0.4, 0.5) is 0 Å². The fourth-order valence-electron chi connectivity index (χ4n) is 12.3. The number of fused-ring (bicyclic) bond motifs is 13. The first-order valence-corrected chi connectivity index (χ1v) is 25.6. The summed E-state index contributed by atoms with van der Waals surface area (Å²) in [6.45, 7) is 0. The summed E-state index contributed by atoms with van der Waals surface area (Å²) in [5.74, 6) is 0.630. The molecule has 0 atom stereocenters. The highest BCUT2D eigenvalue weighted by atomic mass is 15.0. The second kappa shape index (κ2) is 16.2. The molecule has 0 saturated carbocycles. The number of hydrogen-bond acceptors (Lipinski definition) is 3. The lowest BCUT2D eigenvalue weighted by Gasteiger charge is -2.19. The Kier molecular flexibility index (Phi) is 8.97. The molecule has 7 heteroatoms. The van der Waals surface area contributed by atoms with Crippen LogP contribution in [-0.4, -0.2) is 28.2 Å². The van der Waals surface area contributed by atoms with Crippen LogP contribution in [0.25, 0.3) is 144 Å². The molecule has 0 aliphatic heterocycles. The molecule has 16 rings (SSSR count). The summed E-state index contributed by atoms with van der Waals surface area (Å²) in [6.07, 6.45) is 0. The lowest BCUT2D eigenvalue weighted by Crippen LogP contribution is -2.06. The van der Waals surface area contributed by atoms with Crippen molar-refractivity contribution < 1.29 is 0 Å². The summed E-state index contributed by atoms with van der Waals surface area (Å²) in [5, 5.41) is 21.9. The summed E-state index contributed by atoms with van der Waals surface area (Å²) >= 11 is 0. The number of rotatable bonds is 6. The van der Waals surface area contributed by atoms with E-state index in [0.29, 0.717) is 11.4 Å². The summed E-state index contributed by atoms with van der Waals surface area (Å²) in [6, 6.07) is 90.8. The molecule has 16 aromatic rings. The molecule has 0 spiro atoms. The molecule has 76 heavy (non-hydrogen) atoms. The molecule has 352 valence electrons. The van der Waals surface area contributed by atoms with Crippen LogP contribution in [0.15, 0.2) is 249 Å². The average molecular weight is 968 g/mol. The summed E-state index contributed by atoms with van der Waals surface area (Å²) in [5.41, 5.74) is 16.1. The minimum atomic E-state index is 0.536. The normalized spacial score (nSPS) is 11.9. The van der Waals surface area contributed by atoms with Crippen molar-refractivity contribution in [1.29, 1.82) is 5.26 Å². The fourth-order valence-corrected chi connectivity index (χ4v) is 12.3.